The molecule has 0 aromatic heterocycles. The Kier molecular flexibility index (Phi) is 12.0. The lowest BCUT2D eigenvalue weighted by Gasteiger charge is -2.18. The normalized spacial score (nSPS) is 11.6. The molecule has 0 aromatic carbocycles. The first kappa shape index (κ1) is 16.3. The second-order valence-corrected chi connectivity index (χ2v) is 7.46. The van der Waals surface area contributed by atoms with Gasteiger partial charge >= 0.3 is 18.6 Å². The van der Waals surface area contributed by atoms with E-state index < -0.39 is 18.6 Å². The summed E-state index contributed by atoms with van der Waals surface area (Å²) >= 11 is 0. The lowest BCUT2D eigenvalue weighted by molar-refractivity contribution is 0.203. The fraction of sp³-hybridized carbons (Fsp3) is 1.00. The van der Waals surface area contributed by atoms with E-state index >= 15 is 0 Å². The molecule has 0 saturated heterocycles. The van der Waals surface area contributed by atoms with E-state index in [0.29, 0.717) is 0 Å². The van der Waals surface area contributed by atoms with Crippen LogP contribution in [0.5, 0.6) is 0 Å². The standard InChI is InChI=1S/C10H26O4Si2/c1-5-11-15(12-6-2)9-10-16(13-7-3)14-8-4/h15-16H,5-10H2,1-4H3. The van der Waals surface area contributed by atoms with Gasteiger partial charge in [0.2, 0.25) is 0 Å². The highest BCUT2D eigenvalue weighted by Crippen LogP contribution is 2.08. The van der Waals surface area contributed by atoms with Crippen LogP contribution in [0, 0.1) is 0 Å². The van der Waals surface area contributed by atoms with Gasteiger partial charge in [0.05, 0.1) is 0 Å². The molecule has 0 atom stereocenters. The van der Waals surface area contributed by atoms with Crippen LogP contribution in [0.1, 0.15) is 27.7 Å². The third-order valence-corrected chi connectivity index (χ3v) is 7.14. The van der Waals surface area contributed by atoms with Gasteiger partial charge in [0.1, 0.15) is 0 Å². The maximum absolute atomic E-state index is 5.62. The summed E-state index contributed by atoms with van der Waals surface area (Å²) in [5, 5.41) is 0. The lowest BCUT2D eigenvalue weighted by atomic mass is 10.9. The van der Waals surface area contributed by atoms with Gasteiger partial charge < -0.3 is 17.7 Å². The zero-order valence-electron chi connectivity index (χ0n) is 11.0. The van der Waals surface area contributed by atoms with Crippen molar-refractivity contribution in [3.05, 3.63) is 0 Å². The molecule has 0 fully saturated rings. The molecule has 98 valence electrons. The Bertz CT molecular complexity index is 121. The van der Waals surface area contributed by atoms with Crippen molar-refractivity contribution < 1.29 is 17.7 Å². The Hall–Kier alpha value is 0.274. The minimum Gasteiger partial charge on any atom is -0.397 e. The Morgan fingerprint density at radius 2 is 0.812 bits per heavy atom. The Morgan fingerprint density at radius 1 is 0.562 bits per heavy atom. The molecule has 4 nitrogen and oxygen atoms in total. The summed E-state index contributed by atoms with van der Waals surface area (Å²) in [6.07, 6.45) is 0. The molecular formula is C10H26O4Si2. The number of hydrogen-bond donors (Lipinski definition) is 0. The zero-order valence-corrected chi connectivity index (χ0v) is 13.3. The minimum atomic E-state index is -1.47. The van der Waals surface area contributed by atoms with Gasteiger partial charge in [-0.15, -0.1) is 0 Å². The molecule has 0 aliphatic carbocycles. The van der Waals surface area contributed by atoms with Crippen molar-refractivity contribution in [1.29, 1.82) is 0 Å². The molecular weight excluding hydrogens is 240 g/mol. The van der Waals surface area contributed by atoms with Gasteiger partial charge in [0.15, 0.2) is 0 Å². The summed E-state index contributed by atoms with van der Waals surface area (Å²) in [5.74, 6) is 0. The number of rotatable bonds is 11. The second kappa shape index (κ2) is 11.8. The van der Waals surface area contributed by atoms with Crippen molar-refractivity contribution in [2.24, 2.45) is 0 Å². The van der Waals surface area contributed by atoms with Gasteiger partial charge in [-0.05, 0) is 39.8 Å². The van der Waals surface area contributed by atoms with Crippen molar-refractivity contribution >= 4 is 18.6 Å². The molecule has 0 bridgehead atoms. The average Bonchev–Trinajstić information content (AvgIpc) is 2.27. The smallest absolute Gasteiger partial charge is 0.321 e. The van der Waals surface area contributed by atoms with Gasteiger partial charge in [-0.1, -0.05) is 0 Å². The van der Waals surface area contributed by atoms with Gasteiger partial charge in [0.25, 0.3) is 0 Å². The van der Waals surface area contributed by atoms with Crippen molar-refractivity contribution in [3.63, 3.8) is 0 Å². The van der Waals surface area contributed by atoms with Gasteiger partial charge in [0, 0.05) is 26.4 Å². The SMILES string of the molecule is CCO[SiH](CC[SiH](OCC)OCC)OCC. The van der Waals surface area contributed by atoms with Crippen LogP contribution >= 0.6 is 0 Å². The van der Waals surface area contributed by atoms with Gasteiger partial charge in [-0.3, -0.25) is 0 Å². The van der Waals surface area contributed by atoms with E-state index in [1.54, 1.807) is 0 Å². The summed E-state index contributed by atoms with van der Waals surface area (Å²) in [5.41, 5.74) is 0. The first-order valence-corrected chi connectivity index (χ1v) is 9.76. The maximum Gasteiger partial charge on any atom is 0.321 e. The third kappa shape index (κ3) is 8.43. The van der Waals surface area contributed by atoms with Crippen molar-refractivity contribution in [3.8, 4) is 0 Å². The highest BCUT2D eigenvalue weighted by molar-refractivity contribution is 6.50. The first-order chi connectivity index (χ1) is 7.78. The molecule has 6 heteroatoms. The number of hydrogen-bond acceptors (Lipinski definition) is 4. The molecule has 0 spiro atoms. The molecule has 0 radical (unpaired) electrons. The predicted molar refractivity (Wildman–Crippen MR) is 70.4 cm³/mol. The Balaban J connectivity index is 3.83. The molecule has 0 saturated carbocycles. The van der Waals surface area contributed by atoms with Crippen LogP contribution in [0.4, 0.5) is 0 Å². The molecule has 0 aromatic rings. The van der Waals surface area contributed by atoms with Crippen LogP contribution in [0.15, 0.2) is 0 Å². The van der Waals surface area contributed by atoms with Crippen LogP contribution in [0.25, 0.3) is 0 Å². The van der Waals surface area contributed by atoms with Crippen LogP contribution in [0.3, 0.4) is 0 Å². The fourth-order valence-corrected chi connectivity index (χ4v) is 5.97. The molecule has 16 heavy (non-hydrogen) atoms. The second-order valence-electron chi connectivity index (χ2n) is 3.26. The van der Waals surface area contributed by atoms with E-state index in [1.165, 1.54) is 0 Å². The van der Waals surface area contributed by atoms with E-state index in [-0.39, 0.29) is 0 Å². The van der Waals surface area contributed by atoms with Crippen LogP contribution in [-0.2, 0) is 17.7 Å². The summed E-state index contributed by atoms with van der Waals surface area (Å²) in [6.45, 7) is 11.0. The van der Waals surface area contributed by atoms with Crippen molar-refractivity contribution in [2.45, 2.75) is 39.8 Å². The summed E-state index contributed by atoms with van der Waals surface area (Å²) in [6, 6.07) is 2.00. The predicted octanol–water partition coefficient (Wildman–Crippen LogP) is 1.57. The Labute approximate surface area is 103 Å². The monoisotopic (exact) mass is 266 g/mol. The summed E-state index contributed by atoms with van der Waals surface area (Å²) < 4.78 is 22.5. The molecule has 0 rings (SSSR count). The van der Waals surface area contributed by atoms with E-state index in [4.69, 9.17) is 17.7 Å². The van der Waals surface area contributed by atoms with E-state index in [9.17, 15) is 0 Å². The minimum absolute atomic E-state index is 0.742. The van der Waals surface area contributed by atoms with Gasteiger partial charge in [-0.2, -0.15) is 0 Å². The highest BCUT2D eigenvalue weighted by atomic mass is 28.3. The van der Waals surface area contributed by atoms with E-state index in [2.05, 4.69) is 0 Å². The third-order valence-electron chi connectivity index (χ3n) is 2.05. The molecule has 0 unspecified atom stereocenters. The molecule has 0 heterocycles. The summed E-state index contributed by atoms with van der Waals surface area (Å²) in [4.78, 5) is 0. The van der Waals surface area contributed by atoms with E-state index in [1.807, 2.05) is 27.7 Å². The van der Waals surface area contributed by atoms with Gasteiger partial charge in [-0.25, -0.2) is 0 Å². The van der Waals surface area contributed by atoms with Crippen LogP contribution in [-0.4, -0.2) is 45.0 Å². The van der Waals surface area contributed by atoms with Crippen molar-refractivity contribution in [1.82, 2.24) is 0 Å². The first-order valence-electron chi connectivity index (χ1n) is 6.24. The molecule has 0 N–H and O–H groups in total. The largest absolute Gasteiger partial charge is 0.397 e. The highest BCUT2D eigenvalue weighted by Gasteiger charge is 2.18. The van der Waals surface area contributed by atoms with E-state index in [0.717, 1.165) is 38.5 Å². The molecule has 0 aliphatic heterocycles. The maximum atomic E-state index is 5.62. The van der Waals surface area contributed by atoms with Crippen molar-refractivity contribution in [2.75, 3.05) is 26.4 Å². The average molecular weight is 266 g/mol. The quantitative estimate of drug-likeness (QED) is 0.532. The lowest BCUT2D eigenvalue weighted by Crippen LogP contribution is -2.28. The topological polar surface area (TPSA) is 36.9 Å². The summed E-state index contributed by atoms with van der Waals surface area (Å²) in [7, 11) is -2.93. The van der Waals surface area contributed by atoms with Crippen LogP contribution in [0.2, 0.25) is 12.1 Å². The molecule has 0 amide bonds. The van der Waals surface area contributed by atoms with Crippen LogP contribution < -0.4 is 0 Å². The fourth-order valence-electron chi connectivity index (χ4n) is 1.45. The Morgan fingerprint density at radius 3 is 1.00 bits per heavy atom. The molecule has 0 aliphatic rings. The zero-order chi connectivity index (χ0) is 12.2.